The monoisotopic (exact) mass is 368 g/mol. The van der Waals surface area contributed by atoms with Gasteiger partial charge in [0.2, 0.25) is 0 Å². The second-order valence-electron chi connectivity index (χ2n) is 8.01. The van der Waals surface area contributed by atoms with Crippen LogP contribution in [-0.4, -0.2) is 36.1 Å². The topological polar surface area (TPSA) is 25.4 Å². The molecule has 1 aromatic heterocycles. The zero-order chi connectivity index (χ0) is 18.9. The number of aromatic nitrogens is 1. The van der Waals surface area contributed by atoms with Gasteiger partial charge in [-0.1, -0.05) is 45.4 Å². The van der Waals surface area contributed by atoms with E-state index in [1.807, 2.05) is 12.3 Å². The molecule has 2 aromatic rings. The number of hydrogen-bond acceptors (Lipinski definition) is 3. The van der Waals surface area contributed by atoms with Gasteiger partial charge in [-0.05, 0) is 68.6 Å². The van der Waals surface area contributed by atoms with Crippen LogP contribution in [0.3, 0.4) is 0 Å². The zero-order valence-corrected chi connectivity index (χ0v) is 17.3. The average molecular weight is 369 g/mol. The van der Waals surface area contributed by atoms with Crippen molar-refractivity contribution in [2.75, 3.05) is 20.2 Å². The van der Waals surface area contributed by atoms with Crippen molar-refractivity contribution in [1.82, 2.24) is 9.88 Å². The van der Waals surface area contributed by atoms with Crippen molar-refractivity contribution >= 4 is 10.9 Å². The molecule has 148 valence electrons. The van der Waals surface area contributed by atoms with Crippen molar-refractivity contribution in [2.24, 2.45) is 0 Å². The van der Waals surface area contributed by atoms with Gasteiger partial charge in [-0.3, -0.25) is 4.98 Å². The Labute approximate surface area is 165 Å². The van der Waals surface area contributed by atoms with Crippen molar-refractivity contribution < 1.29 is 4.74 Å². The molecule has 2 heterocycles. The first-order valence-corrected chi connectivity index (χ1v) is 11.0. The first-order chi connectivity index (χ1) is 13.3. The van der Waals surface area contributed by atoms with E-state index in [0.29, 0.717) is 6.04 Å². The van der Waals surface area contributed by atoms with Crippen molar-refractivity contribution in [3.8, 4) is 5.75 Å². The molecule has 1 atom stereocenters. The predicted molar refractivity (Wildman–Crippen MR) is 115 cm³/mol. The fourth-order valence-electron chi connectivity index (χ4n) is 4.42. The Balaban J connectivity index is 1.71. The Bertz CT molecular complexity index is 700. The Morgan fingerprint density at radius 1 is 1.07 bits per heavy atom. The van der Waals surface area contributed by atoms with Crippen LogP contribution in [0.4, 0.5) is 0 Å². The third-order valence-corrected chi connectivity index (χ3v) is 6.04. The van der Waals surface area contributed by atoms with Crippen LogP contribution in [0, 0.1) is 0 Å². The van der Waals surface area contributed by atoms with E-state index in [-0.39, 0.29) is 0 Å². The second kappa shape index (κ2) is 10.7. The molecule has 1 aliphatic rings. The molecule has 27 heavy (non-hydrogen) atoms. The van der Waals surface area contributed by atoms with E-state index in [9.17, 15) is 0 Å². The quantitative estimate of drug-likeness (QED) is 0.507. The van der Waals surface area contributed by atoms with Crippen LogP contribution in [0.25, 0.3) is 10.9 Å². The highest BCUT2D eigenvalue weighted by Gasteiger charge is 2.21. The van der Waals surface area contributed by atoms with E-state index in [2.05, 4.69) is 35.0 Å². The minimum absolute atomic E-state index is 0.662. The number of benzene rings is 1. The molecule has 1 fully saturated rings. The standard InChI is InChI=1S/C24H36N2O/c1-3-4-5-6-9-16-26-17-10-7-8-11-21(26)18-20-14-15-25-24-13-12-22(27-2)19-23(20)24/h12-15,19,21H,3-11,16-18H2,1-2H3. The molecule has 0 amide bonds. The lowest BCUT2D eigenvalue weighted by molar-refractivity contribution is 0.194. The number of nitrogens with zero attached hydrogens (tertiary/aromatic N) is 2. The van der Waals surface area contributed by atoms with Crippen molar-refractivity contribution in [2.45, 2.75) is 77.2 Å². The Morgan fingerprint density at radius 3 is 2.81 bits per heavy atom. The molecule has 0 spiro atoms. The number of methoxy groups -OCH3 is 1. The van der Waals surface area contributed by atoms with Crippen molar-refractivity contribution in [1.29, 1.82) is 0 Å². The summed E-state index contributed by atoms with van der Waals surface area (Å²) in [5.41, 5.74) is 2.50. The molecule has 1 aromatic carbocycles. The number of fused-ring (bicyclic) bond motifs is 1. The smallest absolute Gasteiger partial charge is 0.119 e. The summed E-state index contributed by atoms with van der Waals surface area (Å²) in [5, 5.41) is 1.25. The summed E-state index contributed by atoms with van der Waals surface area (Å²) < 4.78 is 5.46. The molecule has 1 unspecified atom stereocenters. The molecule has 3 nitrogen and oxygen atoms in total. The lowest BCUT2D eigenvalue weighted by Gasteiger charge is -2.30. The zero-order valence-electron chi connectivity index (χ0n) is 17.3. The van der Waals surface area contributed by atoms with E-state index in [1.165, 1.54) is 81.8 Å². The van der Waals surface area contributed by atoms with E-state index >= 15 is 0 Å². The molecule has 3 rings (SSSR count). The first kappa shape index (κ1) is 20.1. The second-order valence-corrected chi connectivity index (χ2v) is 8.01. The Hall–Kier alpha value is -1.61. The maximum Gasteiger partial charge on any atom is 0.119 e. The highest BCUT2D eigenvalue weighted by molar-refractivity contribution is 5.83. The molecular formula is C24H36N2O. The van der Waals surface area contributed by atoms with E-state index in [1.54, 1.807) is 7.11 Å². The minimum Gasteiger partial charge on any atom is -0.497 e. The van der Waals surface area contributed by atoms with Crippen LogP contribution in [-0.2, 0) is 6.42 Å². The summed E-state index contributed by atoms with van der Waals surface area (Å²) in [7, 11) is 1.74. The van der Waals surface area contributed by atoms with Gasteiger partial charge in [-0.15, -0.1) is 0 Å². The average Bonchev–Trinajstić information content (AvgIpc) is 2.93. The van der Waals surface area contributed by atoms with Gasteiger partial charge < -0.3 is 9.64 Å². The van der Waals surface area contributed by atoms with Crippen LogP contribution in [0.2, 0.25) is 0 Å². The maximum absolute atomic E-state index is 5.46. The Kier molecular flexibility index (Phi) is 7.94. The van der Waals surface area contributed by atoms with Crippen LogP contribution in [0.1, 0.15) is 70.3 Å². The third kappa shape index (κ3) is 5.68. The van der Waals surface area contributed by atoms with Gasteiger partial charge in [-0.25, -0.2) is 0 Å². The normalized spacial score (nSPS) is 18.5. The Morgan fingerprint density at radius 2 is 1.96 bits per heavy atom. The van der Waals surface area contributed by atoms with Gasteiger partial charge in [0.25, 0.3) is 0 Å². The highest BCUT2D eigenvalue weighted by atomic mass is 16.5. The minimum atomic E-state index is 0.662. The third-order valence-electron chi connectivity index (χ3n) is 6.04. The lowest BCUT2D eigenvalue weighted by atomic mass is 9.97. The fourth-order valence-corrected chi connectivity index (χ4v) is 4.42. The molecule has 1 aliphatic heterocycles. The molecule has 1 saturated heterocycles. The molecule has 0 N–H and O–H groups in total. The summed E-state index contributed by atoms with van der Waals surface area (Å²) in [6, 6.07) is 9.12. The van der Waals surface area contributed by atoms with Gasteiger partial charge in [0.1, 0.15) is 5.75 Å². The van der Waals surface area contributed by atoms with Gasteiger partial charge >= 0.3 is 0 Å². The van der Waals surface area contributed by atoms with Gasteiger partial charge in [0.05, 0.1) is 12.6 Å². The summed E-state index contributed by atoms with van der Waals surface area (Å²) in [5.74, 6) is 0.922. The number of rotatable bonds is 9. The van der Waals surface area contributed by atoms with Gasteiger partial charge in [-0.2, -0.15) is 0 Å². The summed E-state index contributed by atoms with van der Waals surface area (Å²) in [4.78, 5) is 7.34. The van der Waals surface area contributed by atoms with E-state index in [4.69, 9.17) is 4.74 Å². The number of pyridine rings is 1. The predicted octanol–water partition coefficient (Wildman–Crippen LogP) is 6.00. The SMILES string of the molecule is CCCCCCCN1CCCCCC1Cc1ccnc2ccc(OC)cc12. The van der Waals surface area contributed by atoms with Crippen LogP contribution >= 0.6 is 0 Å². The highest BCUT2D eigenvalue weighted by Crippen LogP contribution is 2.27. The molecule has 0 aliphatic carbocycles. The lowest BCUT2D eigenvalue weighted by Crippen LogP contribution is -2.37. The number of ether oxygens (including phenoxy) is 1. The van der Waals surface area contributed by atoms with Crippen molar-refractivity contribution in [3.63, 3.8) is 0 Å². The van der Waals surface area contributed by atoms with E-state index in [0.717, 1.165) is 17.7 Å². The molecular weight excluding hydrogens is 332 g/mol. The number of likely N-dealkylation sites (tertiary alicyclic amines) is 1. The maximum atomic E-state index is 5.46. The van der Waals surface area contributed by atoms with Gasteiger partial charge in [0.15, 0.2) is 0 Å². The van der Waals surface area contributed by atoms with Crippen molar-refractivity contribution in [3.05, 3.63) is 36.0 Å². The fraction of sp³-hybridized carbons (Fsp3) is 0.625. The summed E-state index contributed by atoms with van der Waals surface area (Å²) in [6.07, 6.45) is 15.4. The first-order valence-electron chi connectivity index (χ1n) is 11.0. The molecule has 0 bridgehead atoms. The summed E-state index contributed by atoms with van der Waals surface area (Å²) >= 11 is 0. The van der Waals surface area contributed by atoms with Gasteiger partial charge in [0, 0.05) is 17.6 Å². The summed E-state index contributed by atoms with van der Waals surface area (Å²) in [6.45, 7) is 4.82. The van der Waals surface area contributed by atoms with E-state index < -0.39 is 0 Å². The molecule has 0 radical (unpaired) electrons. The largest absolute Gasteiger partial charge is 0.497 e. The van der Waals surface area contributed by atoms with Crippen LogP contribution < -0.4 is 4.74 Å². The molecule has 0 saturated carbocycles. The number of unbranched alkanes of at least 4 members (excludes halogenated alkanes) is 4. The van der Waals surface area contributed by atoms with Crippen LogP contribution in [0.15, 0.2) is 30.5 Å². The van der Waals surface area contributed by atoms with Crippen LogP contribution in [0.5, 0.6) is 5.75 Å². The molecule has 3 heteroatoms. The number of hydrogen-bond donors (Lipinski definition) is 0.